The summed E-state index contributed by atoms with van der Waals surface area (Å²) in [6.07, 6.45) is 2.50. The maximum atomic E-state index is 13.8. The van der Waals surface area contributed by atoms with Gasteiger partial charge in [0.15, 0.2) is 0 Å². The van der Waals surface area contributed by atoms with Crippen molar-refractivity contribution in [2.75, 3.05) is 23.9 Å². The van der Waals surface area contributed by atoms with Gasteiger partial charge in [-0.1, -0.05) is 24.3 Å². The van der Waals surface area contributed by atoms with Gasteiger partial charge in [0, 0.05) is 37.6 Å². The van der Waals surface area contributed by atoms with E-state index in [9.17, 15) is 9.18 Å². The summed E-state index contributed by atoms with van der Waals surface area (Å²) in [5.41, 5.74) is 4.03. The first-order valence-electron chi connectivity index (χ1n) is 9.52. The van der Waals surface area contributed by atoms with Crippen molar-refractivity contribution in [2.45, 2.75) is 19.6 Å². The minimum absolute atomic E-state index is 0.0790. The first-order chi connectivity index (χ1) is 14.2. The quantitative estimate of drug-likeness (QED) is 0.685. The van der Waals surface area contributed by atoms with Crippen LogP contribution in [0.2, 0.25) is 0 Å². The number of nitrogens with one attached hydrogen (secondary N) is 1. The molecule has 2 aromatic carbocycles. The number of methoxy groups -OCH3 is 1. The van der Waals surface area contributed by atoms with Crippen molar-refractivity contribution in [1.29, 1.82) is 0 Å². The van der Waals surface area contributed by atoms with Gasteiger partial charge in [-0.3, -0.25) is 4.79 Å². The molecule has 1 N–H and O–H groups in total. The number of amides is 1. The minimum Gasteiger partial charge on any atom is -0.380 e. The minimum atomic E-state index is -0.294. The number of fused-ring (bicyclic) bond motifs is 1. The van der Waals surface area contributed by atoms with Gasteiger partial charge in [-0.05, 0) is 47.9 Å². The molecule has 2 heterocycles. The Bertz CT molecular complexity index is 1040. The fourth-order valence-electron chi connectivity index (χ4n) is 3.60. The molecule has 1 aliphatic heterocycles. The van der Waals surface area contributed by atoms with Crippen LogP contribution < -0.4 is 10.2 Å². The van der Waals surface area contributed by atoms with E-state index < -0.39 is 0 Å². The molecule has 4 rings (SSSR count). The molecule has 0 saturated carbocycles. The van der Waals surface area contributed by atoms with Crippen LogP contribution in [0.25, 0.3) is 0 Å². The zero-order valence-corrected chi connectivity index (χ0v) is 16.2. The second kappa shape index (κ2) is 8.41. The molecule has 1 aromatic heterocycles. The Morgan fingerprint density at radius 3 is 2.93 bits per heavy atom. The molecule has 0 unspecified atom stereocenters. The van der Waals surface area contributed by atoms with E-state index in [1.54, 1.807) is 35.4 Å². The van der Waals surface area contributed by atoms with Crippen molar-refractivity contribution < 1.29 is 13.9 Å². The molecule has 0 radical (unpaired) electrons. The lowest BCUT2D eigenvalue weighted by Gasteiger charge is -2.19. The molecule has 1 aliphatic rings. The highest BCUT2D eigenvalue weighted by Gasteiger charge is 2.26. The first kappa shape index (κ1) is 19.1. The van der Waals surface area contributed by atoms with Gasteiger partial charge >= 0.3 is 0 Å². The summed E-state index contributed by atoms with van der Waals surface area (Å²) in [7, 11) is 1.53. The van der Waals surface area contributed by atoms with E-state index in [1.165, 1.54) is 18.7 Å². The van der Waals surface area contributed by atoms with E-state index in [4.69, 9.17) is 4.74 Å². The Morgan fingerprint density at radius 2 is 2.07 bits per heavy atom. The zero-order chi connectivity index (χ0) is 20.2. The number of ether oxygens (including phenoxy) is 1. The van der Waals surface area contributed by atoms with Crippen LogP contribution in [0.4, 0.5) is 15.9 Å². The van der Waals surface area contributed by atoms with E-state index in [2.05, 4.69) is 16.4 Å². The maximum absolute atomic E-state index is 13.8. The molecule has 0 saturated heterocycles. The molecule has 0 atom stereocenters. The van der Waals surface area contributed by atoms with Gasteiger partial charge in [-0.25, -0.2) is 9.37 Å². The van der Waals surface area contributed by atoms with E-state index in [0.717, 1.165) is 17.7 Å². The number of hydrogen-bond acceptors (Lipinski definition) is 4. The van der Waals surface area contributed by atoms with Gasteiger partial charge in [0.05, 0.1) is 12.2 Å². The summed E-state index contributed by atoms with van der Waals surface area (Å²) in [6, 6.07) is 16.4. The summed E-state index contributed by atoms with van der Waals surface area (Å²) in [6.45, 7) is 1.29. The van der Waals surface area contributed by atoms with Crippen molar-refractivity contribution in [3.05, 3.63) is 88.9 Å². The maximum Gasteiger partial charge on any atom is 0.262 e. The standard InChI is InChI=1S/C23H22FN3O2/c1-29-15-18-13-16(8-9-20(18)24)14-26-22-19(6-4-11-25-22)23(28)27-12-10-17-5-2-3-7-21(17)27/h2-9,11,13H,10,12,14-15H2,1H3,(H,25,26). The molecular formula is C23H22FN3O2. The van der Waals surface area contributed by atoms with Crippen molar-refractivity contribution in [3.8, 4) is 0 Å². The predicted octanol–water partition coefficient (Wildman–Crippen LogP) is 4.18. The smallest absolute Gasteiger partial charge is 0.262 e. The lowest BCUT2D eigenvalue weighted by Crippen LogP contribution is -2.29. The molecule has 0 spiro atoms. The van der Waals surface area contributed by atoms with Crippen LogP contribution in [0.1, 0.15) is 27.0 Å². The third kappa shape index (κ3) is 3.98. The Balaban J connectivity index is 1.54. The van der Waals surface area contributed by atoms with E-state index in [0.29, 0.717) is 30.0 Å². The molecule has 0 bridgehead atoms. The highest BCUT2D eigenvalue weighted by atomic mass is 19.1. The van der Waals surface area contributed by atoms with Crippen molar-refractivity contribution in [1.82, 2.24) is 4.98 Å². The lowest BCUT2D eigenvalue weighted by atomic mass is 10.1. The van der Waals surface area contributed by atoms with Crippen LogP contribution in [0, 0.1) is 5.82 Å². The fraction of sp³-hybridized carbons (Fsp3) is 0.217. The number of nitrogens with zero attached hydrogens (tertiary/aromatic N) is 2. The van der Waals surface area contributed by atoms with Gasteiger partial charge in [0.25, 0.3) is 5.91 Å². The van der Waals surface area contributed by atoms with Gasteiger partial charge in [-0.2, -0.15) is 0 Å². The van der Waals surface area contributed by atoms with Gasteiger partial charge < -0.3 is 15.0 Å². The number of para-hydroxylation sites is 1. The number of benzene rings is 2. The van der Waals surface area contributed by atoms with Crippen LogP contribution in [-0.2, 0) is 24.3 Å². The molecule has 29 heavy (non-hydrogen) atoms. The third-order valence-corrected chi connectivity index (χ3v) is 5.04. The van der Waals surface area contributed by atoms with Gasteiger partial charge in [-0.15, -0.1) is 0 Å². The Morgan fingerprint density at radius 1 is 1.21 bits per heavy atom. The number of carbonyl (C=O) groups is 1. The SMILES string of the molecule is COCc1cc(CNc2ncccc2C(=O)N2CCc3ccccc32)ccc1F. The van der Waals surface area contributed by atoms with Crippen molar-refractivity contribution in [3.63, 3.8) is 0 Å². The molecule has 5 nitrogen and oxygen atoms in total. The number of aromatic nitrogens is 1. The average Bonchev–Trinajstić information content (AvgIpc) is 3.18. The van der Waals surface area contributed by atoms with E-state index in [-0.39, 0.29) is 18.3 Å². The number of halogens is 1. The molecule has 0 aliphatic carbocycles. The summed E-state index contributed by atoms with van der Waals surface area (Å²) < 4.78 is 18.9. The lowest BCUT2D eigenvalue weighted by molar-refractivity contribution is 0.0990. The van der Waals surface area contributed by atoms with E-state index >= 15 is 0 Å². The topological polar surface area (TPSA) is 54.5 Å². The molecule has 1 amide bonds. The molecule has 148 valence electrons. The largest absolute Gasteiger partial charge is 0.380 e. The second-order valence-electron chi connectivity index (χ2n) is 6.95. The summed E-state index contributed by atoms with van der Waals surface area (Å²) >= 11 is 0. The summed E-state index contributed by atoms with van der Waals surface area (Å²) in [5, 5.41) is 3.22. The number of anilines is 2. The van der Waals surface area contributed by atoms with Crippen molar-refractivity contribution in [2.24, 2.45) is 0 Å². The average molecular weight is 391 g/mol. The number of hydrogen-bond donors (Lipinski definition) is 1. The molecule has 3 aromatic rings. The molecule has 6 heteroatoms. The Labute approximate surface area is 169 Å². The third-order valence-electron chi connectivity index (χ3n) is 5.04. The van der Waals surface area contributed by atoms with Crippen LogP contribution in [-0.4, -0.2) is 24.5 Å². The Kier molecular flexibility index (Phi) is 5.53. The Hall–Kier alpha value is -3.25. The monoisotopic (exact) mass is 391 g/mol. The highest BCUT2D eigenvalue weighted by molar-refractivity contribution is 6.10. The van der Waals surface area contributed by atoms with Gasteiger partial charge in [0.2, 0.25) is 0 Å². The van der Waals surface area contributed by atoms with Crippen LogP contribution >= 0.6 is 0 Å². The fourth-order valence-corrected chi connectivity index (χ4v) is 3.60. The van der Waals surface area contributed by atoms with Crippen LogP contribution in [0.3, 0.4) is 0 Å². The number of carbonyl (C=O) groups excluding carboxylic acids is 1. The normalized spacial score (nSPS) is 12.7. The predicted molar refractivity (Wildman–Crippen MR) is 110 cm³/mol. The van der Waals surface area contributed by atoms with E-state index in [1.807, 2.05) is 18.2 Å². The second-order valence-corrected chi connectivity index (χ2v) is 6.95. The highest BCUT2D eigenvalue weighted by Crippen LogP contribution is 2.30. The number of pyridine rings is 1. The summed E-state index contributed by atoms with van der Waals surface area (Å²) in [4.78, 5) is 19.4. The first-order valence-corrected chi connectivity index (χ1v) is 9.52. The van der Waals surface area contributed by atoms with Crippen LogP contribution in [0.5, 0.6) is 0 Å². The summed E-state index contributed by atoms with van der Waals surface area (Å²) in [5.74, 6) is 0.140. The van der Waals surface area contributed by atoms with Gasteiger partial charge in [0.1, 0.15) is 11.6 Å². The molecular weight excluding hydrogens is 369 g/mol. The molecule has 0 fully saturated rings. The number of rotatable bonds is 6. The van der Waals surface area contributed by atoms with Crippen LogP contribution in [0.15, 0.2) is 60.8 Å². The zero-order valence-electron chi connectivity index (χ0n) is 16.2. The van der Waals surface area contributed by atoms with Crippen molar-refractivity contribution >= 4 is 17.4 Å².